The first kappa shape index (κ1) is 21.3. The van der Waals surface area contributed by atoms with Crippen molar-refractivity contribution in [2.24, 2.45) is 0 Å². The van der Waals surface area contributed by atoms with E-state index in [1.165, 1.54) is 0 Å². The van der Waals surface area contributed by atoms with Crippen LogP contribution in [0.25, 0.3) is 0 Å². The molecule has 1 atom stereocenters. The molecule has 0 aliphatic carbocycles. The number of ether oxygens (including phenoxy) is 1. The minimum Gasteiger partial charge on any atom is -0.454 e. The zero-order valence-electron chi connectivity index (χ0n) is 13.6. The van der Waals surface area contributed by atoms with Crippen LogP contribution in [-0.2, 0) is 10.9 Å². The molecule has 0 radical (unpaired) electrons. The van der Waals surface area contributed by atoms with Crippen molar-refractivity contribution in [3.05, 3.63) is 69.5 Å². The molecule has 28 heavy (non-hydrogen) atoms. The Labute approximate surface area is 151 Å². The zero-order chi connectivity index (χ0) is 21.4. The van der Waals surface area contributed by atoms with E-state index in [2.05, 4.69) is 4.74 Å². The maximum Gasteiger partial charge on any atom is 0.416 e. The topological polar surface area (TPSA) is 43.4 Å². The minimum absolute atomic E-state index is 0.0211. The van der Waals surface area contributed by atoms with E-state index < -0.39 is 64.0 Å². The Balaban J connectivity index is 2.40. The summed E-state index contributed by atoms with van der Waals surface area (Å²) in [5.41, 5.74) is -3.88. The molecule has 0 saturated heterocycles. The average Bonchev–Trinajstić information content (AvgIpc) is 2.63. The van der Waals surface area contributed by atoms with Crippen molar-refractivity contribution >= 4 is 12.3 Å². The van der Waals surface area contributed by atoms with Gasteiger partial charge in [-0.05, 0) is 19.1 Å². The molecule has 0 amide bonds. The lowest BCUT2D eigenvalue weighted by Crippen LogP contribution is -2.17. The smallest absolute Gasteiger partial charge is 0.416 e. The van der Waals surface area contributed by atoms with Crippen LogP contribution >= 0.6 is 0 Å². The lowest BCUT2D eigenvalue weighted by molar-refractivity contribution is -0.137. The molecule has 0 heterocycles. The molecule has 11 heteroatoms. The molecule has 0 N–H and O–H groups in total. The van der Waals surface area contributed by atoms with Gasteiger partial charge < -0.3 is 4.74 Å². The van der Waals surface area contributed by atoms with Gasteiger partial charge in [0.2, 0.25) is 5.82 Å². The third-order valence-corrected chi connectivity index (χ3v) is 3.68. The van der Waals surface area contributed by atoms with E-state index >= 15 is 0 Å². The van der Waals surface area contributed by atoms with Crippen LogP contribution in [0.5, 0.6) is 0 Å². The Morgan fingerprint density at radius 3 is 1.93 bits per heavy atom. The number of benzene rings is 2. The maximum absolute atomic E-state index is 13.6. The molecule has 1 unspecified atom stereocenters. The van der Waals surface area contributed by atoms with Crippen LogP contribution in [0.4, 0.5) is 35.1 Å². The lowest BCUT2D eigenvalue weighted by atomic mass is 10.0. The third-order valence-electron chi connectivity index (χ3n) is 3.68. The van der Waals surface area contributed by atoms with Crippen LogP contribution in [0, 0.1) is 29.1 Å². The van der Waals surface area contributed by atoms with Crippen molar-refractivity contribution in [2.45, 2.75) is 19.2 Å². The van der Waals surface area contributed by atoms with E-state index in [1.807, 2.05) is 0 Å². The Morgan fingerprint density at radius 2 is 1.46 bits per heavy atom. The Morgan fingerprint density at radius 1 is 0.964 bits per heavy atom. The fourth-order valence-electron chi connectivity index (χ4n) is 2.29. The molecule has 0 saturated carbocycles. The number of rotatable bonds is 4. The predicted octanol–water partition coefficient (Wildman–Crippen LogP) is 5.13. The van der Waals surface area contributed by atoms with Crippen molar-refractivity contribution in [1.82, 2.24) is 0 Å². The lowest BCUT2D eigenvalue weighted by Gasteiger charge is -2.17. The van der Waals surface area contributed by atoms with Crippen LogP contribution in [0.2, 0.25) is 0 Å². The molecule has 2 rings (SSSR count). The number of hydrogen-bond acceptors (Lipinski definition) is 3. The highest BCUT2D eigenvalue weighted by Gasteiger charge is 2.33. The molecule has 0 bridgehead atoms. The van der Waals surface area contributed by atoms with Crippen LogP contribution in [0.15, 0.2) is 18.2 Å². The van der Waals surface area contributed by atoms with Gasteiger partial charge in [-0.25, -0.2) is 26.7 Å². The highest BCUT2D eigenvalue weighted by molar-refractivity contribution is 5.90. The zero-order valence-corrected chi connectivity index (χ0v) is 13.6. The predicted molar refractivity (Wildman–Crippen MR) is 76.9 cm³/mol. The molecule has 0 aliphatic heterocycles. The molecule has 0 aliphatic rings. The van der Waals surface area contributed by atoms with E-state index in [9.17, 15) is 44.7 Å². The number of carbonyl (C=O) groups excluding carboxylic acids is 2. The van der Waals surface area contributed by atoms with Crippen LogP contribution in [0.3, 0.4) is 0 Å². The van der Waals surface area contributed by atoms with Crippen molar-refractivity contribution in [1.29, 1.82) is 0 Å². The first-order valence-electron chi connectivity index (χ1n) is 7.28. The van der Waals surface area contributed by atoms with Gasteiger partial charge in [-0.1, -0.05) is 6.07 Å². The van der Waals surface area contributed by atoms with E-state index in [1.54, 1.807) is 0 Å². The molecule has 0 aromatic heterocycles. The second-order valence-corrected chi connectivity index (χ2v) is 5.45. The van der Waals surface area contributed by atoms with Crippen molar-refractivity contribution < 1.29 is 49.4 Å². The largest absolute Gasteiger partial charge is 0.454 e. The summed E-state index contributed by atoms with van der Waals surface area (Å²) in [5.74, 6) is -14.1. The molecular weight excluding hydrogens is 404 g/mol. The second kappa shape index (κ2) is 7.56. The maximum atomic E-state index is 13.6. The van der Waals surface area contributed by atoms with Gasteiger partial charge in [-0.2, -0.15) is 13.2 Å². The van der Waals surface area contributed by atoms with Crippen LogP contribution in [0.1, 0.15) is 44.9 Å². The van der Waals surface area contributed by atoms with E-state index in [0.717, 1.165) is 13.0 Å². The molecule has 2 aromatic rings. The number of alkyl halides is 3. The van der Waals surface area contributed by atoms with Gasteiger partial charge in [0, 0.05) is 11.1 Å². The van der Waals surface area contributed by atoms with Gasteiger partial charge >= 0.3 is 12.1 Å². The van der Waals surface area contributed by atoms with Crippen molar-refractivity contribution in [3.63, 3.8) is 0 Å². The number of aldehydes is 1. The van der Waals surface area contributed by atoms with Gasteiger partial charge in [0.15, 0.2) is 23.3 Å². The fraction of sp³-hybridized carbons (Fsp3) is 0.176. The summed E-state index contributed by atoms with van der Waals surface area (Å²) in [7, 11) is 0. The summed E-state index contributed by atoms with van der Waals surface area (Å²) in [5, 5.41) is 0. The van der Waals surface area contributed by atoms with Gasteiger partial charge in [0.1, 0.15) is 18.0 Å². The van der Waals surface area contributed by atoms with Gasteiger partial charge in [-0.15, -0.1) is 0 Å². The quantitative estimate of drug-likeness (QED) is 0.230. The second-order valence-electron chi connectivity index (χ2n) is 5.45. The first-order valence-corrected chi connectivity index (χ1v) is 7.28. The Hall–Kier alpha value is -2.98. The molecule has 3 nitrogen and oxygen atoms in total. The van der Waals surface area contributed by atoms with Crippen LogP contribution < -0.4 is 0 Å². The fourth-order valence-corrected chi connectivity index (χ4v) is 2.29. The first-order chi connectivity index (χ1) is 12.9. The average molecular weight is 412 g/mol. The molecule has 150 valence electrons. The number of hydrogen-bond donors (Lipinski definition) is 0. The Bertz CT molecular complexity index is 923. The van der Waals surface area contributed by atoms with E-state index in [0.29, 0.717) is 12.1 Å². The summed E-state index contributed by atoms with van der Waals surface area (Å²) in [6, 6.07) is 1.79. The van der Waals surface area contributed by atoms with E-state index in [4.69, 9.17) is 0 Å². The van der Waals surface area contributed by atoms with Crippen LogP contribution in [-0.4, -0.2) is 12.3 Å². The highest BCUT2D eigenvalue weighted by atomic mass is 19.4. The van der Waals surface area contributed by atoms with E-state index in [-0.39, 0.29) is 11.8 Å². The normalized spacial score (nSPS) is 12.6. The van der Waals surface area contributed by atoms with Gasteiger partial charge in [-0.3, -0.25) is 4.79 Å². The van der Waals surface area contributed by atoms with Crippen molar-refractivity contribution in [3.8, 4) is 0 Å². The third kappa shape index (κ3) is 3.82. The standard InChI is InChI=1S/C17H8F8O3/c1-6(9-3-2-8(17(23,24)25)4-7(9)5-26)28-16(27)10-11(18)13(20)15(22)14(21)12(10)19/h2-6H,1H3. The highest BCUT2D eigenvalue weighted by Crippen LogP contribution is 2.33. The SMILES string of the molecule is CC(OC(=O)c1c(F)c(F)c(F)c(F)c1F)c1ccc(C(F)(F)F)cc1C=O. The summed E-state index contributed by atoms with van der Waals surface area (Å²) >= 11 is 0. The summed E-state index contributed by atoms with van der Waals surface area (Å²) < 4.78 is 109. The molecule has 0 fully saturated rings. The molecule has 2 aromatic carbocycles. The summed E-state index contributed by atoms with van der Waals surface area (Å²) in [6.45, 7) is 1.03. The van der Waals surface area contributed by atoms with Gasteiger partial charge in [0.25, 0.3) is 0 Å². The van der Waals surface area contributed by atoms with Gasteiger partial charge in [0.05, 0.1) is 5.56 Å². The monoisotopic (exact) mass is 412 g/mol. The number of carbonyl (C=O) groups is 2. The summed E-state index contributed by atoms with van der Waals surface area (Å²) in [4.78, 5) is 22.9. The minimum atomic E-state index is -4.77. The molecule has 0 spiro atoms. The summed E-state index contributed by atoms with van der Waals surface area (Å²) in [6.07, 6.45) is -6.30. The number of esters is 1. The molecular formula is C17H8F8O3. The number of halogens is 8. The Kier molecular flexibility index (Phi) is 5.76. The van der Waals surface area contributed by atoms with Crippen molar-refractivity contribution in [2.75, 3.05) is 0 Å².